The molecular formula is C18H17ClN4OS. The summed E-state index contributed by atoms with van der Waals surface area (Å²) in [5.74, 6) is 6.03. The monoisotopic (exact) mass is 372 g/mol. The highest BCUT2D eigenvalue weighted by Crippen LogP contribution is 2.23. The van der Waals surface area contributed by atoms with Crippen LogP contribution in [0.1, 0.15) is 5.56 Å². The van der Waals surface area contributed by atoms with Crippen LogP contribution in [0.4, 0.5) is 5.69 Å². The molecule has 25 heavy (non-hydrogen) atoms. The number of rotatable bonds is 5. The van der Waals surface area contributed by atoms with Gasteiger partial charge in [-0.2, -0.15) is 0 Å². The third kappa shape index (κ3) is 4.35. The highest BCUT2D eigenvalue weighted by Gasteiger charge is 2.11. The molecule has 0 aliphatic carbocycles. The molecule has 0 radical (unpaired) electrons. The summed E-state index contributed by atoms with van der Waals surface area (Å²) < 4.78 is 1.44. The Balaban J connectivity index is 1.63. The predicted octanol–water partition coefficient (Wildman–Crippen LogP) is 3.96. The molecule has 0 saturated heterocycles. The smallest absolute Gasteiger partial charge is 0.234 e. The predicted molar refractivity (Wildman–Crippen MR) is 103 cm³/mol. The number of amides is 1. The maximum Gasteiger partial charge on any atom is 0.234 e. The van der Waals surface area contributed by atoms with Crippen LogP contribution >= 0.6 is 23.4 Å². The van der Waals surface area contributed by atoms with Crippen LogP contribution in [0.15, 0.2) is 59.9 Å². The number of imidazole rings is 1. The zero-order valence-electron chi connectivity index (χ0n) is 13.6. The van der Waals surface area contributed by atoms with E-state index in [0.29, 0.717) is 10.2 Å². The van der Waals surface area contributed by atoms with Gasteiger partial charge in [0.15, 0.2) is 5.16 Å². The van der Waals surface area contributed by atoms with Crippen molar-refractivity contribution in [3.8, 4) is 11.3 Å². The van der Waals surface area contributed by atoms with Crippen molar-refractivity contribution in [2.24, 2.45) is 0 Å². The van der Waals surface area contributed by atoms with Gasteiger partial charge in [-0.25, -0.2) is 9.66 Å². The van der Waals surface area contributed by atoms with Gasteiger partial charge in [-0.05, 0) is 30.7 Å². The third-order valence-electron chi connectivity index (χ3n) is 3.56. The Morgan fingerprint density at radius 1 is 1.28 bits per heavy atom. The first-order valence-electron chi connectivity index (χ1n) is 7.61. The summed E-state index contributed by atoms with van der Waals surface area (Å²) in [7, 11) is 0. The van der Waals surface area contributed by atoms with Gasteiger partial charge in [-0.3, -0.25) is 4.79 Å². The molecule has 0 saturated carbocycles. The molecule has 5 nitrogen and oxygen atoms in total. The van der Waals surface area contributed by atoms with Crippen LogP contribution in [0.2, 0.25) is 5.02 Å². The van der Waals surface area contributed by atoms with Crippen molar-refractivity contribution in [3.63, 3.8) is 0 Å². The summed E-state index contributed by atoms with van der Waals surface area (Å²) in [6.45, 7) is 1.90. The van der Waals surface area contributed by atoms with Crippen LogP contribution < -0.4 is 11.2 Å². The number of nitrogens with zero attached hydrogens (tertiary/aromatic N) is 2. The van der Waals surface area contributed by atoms with Crippen LogP contribution in [0.5, 0.6) is 0 Å². The van der Waals surface area contributed by atoms with E-state index in [0.717, 1.165) is 22.5 Å². The first-order chi connectivity index (χ1) is 12.0. The van der Waals surface area contributed by atoms with Crippen molar-refractivity contribution in [3.05, 3.63) is 65.3 Å². The van der Waals surface area contributed by atoms with Gasteiger partial charge >= 0.3 is 0 Å². The fourth-order valence-electron chi connectivity index (χ4n) is 2.32. The molecule has 3 rings (SSSR count). The molecule has 0 spiro atoms. The van der Waals surface area contributed by atoms with Gasteiger partial charge in [-0.1, -0.05) is 53.7 Å². The minimum Gasteiger partial charge on any atom is -0.337 e. The van der Waals surface area contributed by atoms with Crippen molar-refractivity contribution in [2.75, 3.05) is 16.9 Å². The lowest BCUT2D eigenvalue weighted by molar-refractivity contribution is -0.113. The summed E-state index contributed by atoms with van der Waals surface area (Å²) in [6.07, 6.45) is 1.75. The number of nitrogens with two attached hydrogens (primary N) is 1. The second-order valence-electron chi connectivity index (χ2n) is 5.48. The number of aryl methyl sites for hydroxylation is 1. The SMILES string of the molecule is Cc1cc(Cl)ccc1NC(=O)CSc1nc(-c2ccccc2)cn1N. The quantitative estimate of drug-likeness (QED) is 0.525. The van der Waals surface area contributed by atoms with Gasteiger partial charge in [0.05, 0.1) is 17.6 Å². The Morgan fingerprint density at radius 3 is 2.76 bits per heavy atom. The van der Waals surface area contributed by atoms with Gasteiger partial charge in [0, 0.05) is 16.3 Å². The van der Waals surface area contributed by atoms with Gasteiger partial charge in [-0.15, -0.1) is 0 Å². The largest absolute Gasteiger partial charge is 0.337 e. The van der Waals surface area contributed by atoms with Crippen molar-refractivity contribution in [1.82, 2.24) is 9.66 Å². The van der Waals surface area contributed by atoms with Crippen LogP contribution in [-0.4, -0.2) is 21.3 Å². The molecule has 2 aromatic carbocycles. The molecule has 0 fully saturated rings. The molecule has 1 aromatic heterocycles. The highest BCUT2D eigenvalue weighted by atomic mass is 35.5. The lowest BCUT2D eigenvalue weighted by Gasteiger charge is -2.08. The van der Waals surface area contributed by atoms with E-state index in [1.807, 2.05) is 43.3 Å². The number of hydrogen-bond donors (Lipinski definition) is 2. The zero-order valence-corrected chi connectivity index (χ0v) is 15.1. The van der Waals surface area contributed by atoms with Crippen molar-refractivity contribution in [1.29, 1.82) is 0 Å². The molecule has 3 aromatic rings. The lowest BCUT2D eigenvalue weighted by atomic mass is 10.2. The Kier molecular flexibility index (Phi) is 5.31. The first-order valence-corrected chi connectivity index (χ1v) is 8.98. The number of nitrogens with one attached hydrogen (secondary N) is 1. The Hall–Kier alpha value is -2.44. The second-order valence-corrected chi connectivity index (χ2v) is 6.86. The van der Waals surface area contributed by atoms with E-state index < -0.39 is 0 Å². The summed E-state index contributed by atoms with van der Waals surface area (Å²) in [4.78, 5) is 16.7. The van der Waals surface area contributed by atoms with E-state index in [1.165, 1.54) is 16.4 Å². The van der Waals surface area contributed by atoms with Crippen LogP contribution in [-0.2, 0) is 4.79 Å². The minimum absolute atomic E-state index is 0.125. The Bertz CT molecular complexity index is 895. The van der Waals surface area contributed by atoms with Gasteiger partial charge < -0.3 is 11.2 Å². The fraction of sp³-hybridized carbons (Fsp3) is 0.111. The number of hydrogen-bond acceptors (Lipinski definition) is 4. The molecule has 0 aliphatic heterocycles. The average Bonchev–Trinajstić information content (AvgIpc) is 2.97. The molecule has 128 valence electrons. The molecule has 0 bridgehead atoms. The van der Waals surface area contributed by atoms with Gasteiger partial charge in [0.2, 0.25) is 5.91 Å². The van der Waals surface area contributed by atoms with E-state index >= 15 is 0 Å². The second kappa shape index (κ2) is 7.63. The molecule has 7 heteroatoms. The van der Waals surface area contributed by atoms with Crippen LogP contribution in [0.3, 0.4) is 0 Å². The molecule has 1 amide bonds. The minimum atomic E-state index is -0.125. The molecule has 3 N–H and O–H groups in total. The standard InChI is InChI=1S/C18H17ClN4OS/c1-12-9-14(19)7-8-15(12)21-17(24)11-25-18-22-16(10-23(18)20)13-5-3-2-4-6-13/h2-10H,11,20H2,1H3,(H,21,24). The molecule has 1 heterocycles. The van der Waals surface area contributed by atoms with Gasteiger partial charge in [0.25, 0.3) is 0 Å². The number of anilines is 1. The zero-order chi connectivity index (χ0) is 17.8. The van der Waals surface area contributed by atoms with Crippen molar-refractivity contribution >= 4 is 35.0 Å². The maximum absolute atomic E-state index is 12.2. The Labute approximate surface area is 155 Å². The molecule has 0 unspecified atom stereocenters. The average molecular weight is 373 g/mol. The number of benzene rings is 2. The number of carbonyl (C=O) groups excluding carboxylic acids is 1. The fourth-order valence-corrected chi connectivity index (χ4v) is 3.24. The number of halogens is 1. The molecular weight excluding hydrogens is 356 g/mol. The first kappa shape index (κ1) is 17.4. The topological polar surface area (TPSA) is 72.9 Å². The van der Waals surface area contributed by atoms with E-state index in [-0.39, 0.29) is 11.7 Å². The highest BCUT2D eigenvalue weighted by molar-refractivity contribution is 7.99. The molecule has 0 aliphatic rings. The van der Waals surface area contributed by atoms with E-state index in [4.69, 9.17) is 17.4 Å². The third-order valence-corrected chi connectivity index (χ3v) is 4.76. The normalized spacial score (nSPS) is 10.6. The summed E-state index contributed by atoms with van der Waals surface area (Å²) >= 11 is 7.21. The van der Waals surface area contributed by atoms with Crippen LogP contribution in [0.25, 0.3) is 11.3 Å². The summed E-state index contributed by atoms with van der Waals surface area (Å²) in [5, 5.41) is 4.10. The van der Waals surface area contributed by atoms with Crippen molar-refractivity contribution in [2.45, 2.75) is 12.1 Å². The summed E-state index contributed by atoms with van der Waals surface area (Å²) in [6, 6.07) is 15.1. The Morgan fingerprint density at radius 2 is 2.04 bits per heavy atom. The number of carbonyl (C=O) groups is 1. The van der Waals surface area contributed by atoms with Crippen LogP contribution in [0, 0.1) is 6.92 Å². The number of thioether (sulfide) groups is 1. The van der Waals surface area contributed by atoms with E-state index in [1.54, 1.807) is 18.3 Å². The maximum atomic E-state index is 12.2. The number of aromatic nitrogens is 2. The molecule has 0 atom stereocenters. The lowest BCUT2D eigenvalue weighted by Crippen LogP contribution is -2.16. The van der Waals surface area contributed by atoms with E-state index in [2.05, 4.69) is 10.3 Å². The summed E-state index contributed by atoms with van der Waals surface area (Å²) in [5.41, 5.74) is 3.42. The van der Waals surface area contributed by atoms with Crippen molar-refractivity contribution < 1.29 is 4.79 Å². The number of nitrogen functional groups attached to an aromatic ring is 1. The van der Waals surface area contributed by atoms with E-state index in [9.17, 15) is 4.79 Å². The van der Waals surface area contributed by atoms with Gasteiger partial charge in [0.1, 0.15) is 0 Å².